The number of nitrogens with one attached hydrogen (secondary N) is 1. The highest BCUT2D eigenvalue weighted by Gasteiger charge is 2.37. The van der Waals surface area contributed by atoms with Gasteiger partial charge in [0, 0.05) is 0 Å². The molecule has 2 aliphatic rings. The molecule has 1 saturated carbocycles. The Bertz CT molecular complexity index is 254. The van der Waals surface area contributed by atoms with Gasteiger partial charge >= 0.3 is 5.97 Å². The van der Waals surface area contributed by atoms with Crippen molar-refractivity contribution in [3.8, 4) is 0 Å². The van der Waals surface area contributed by atoms with Crippen LogP contribution in [0.1, 0.15) is 32.1 Å². The van der Waals surface area contributed by atoms with Crippen LogP contribution >= 0.6 is 0 Å². The standard InChI is InChI=1S/C9H13NO3/c11-8(12)7-6-9(13-10-7)4-2-1-3-5-9/h6,10H,1-5H2,(H,11,12). The number of aliphatic carboxylic acids is 1. The average molecular weight is 183 g/mol. The normalized spacial score (nSPS) is 25.4. The molecule has 1 aliphatic heterocycles. The summed E-state index contributed by atoms with van der Waals surface area (Å²) in [5.74, 6) is -0.942. The predicted molar refractivity (Wildman–Crippen MR) is 45.8 cm³/mol. The van der Waals surface area contributed by atoms with E-state index in [2.05, 4.69) is 5.48 Å². The van der Waals surface area contributed by atoms with E-state index in [-0.39, 0.29) is 11.3 Å². The van der Waals surface area contributed by atoms with Crippen molar-refractivity contribution >= 4 is 5.97 Å². The van der Waals surface area contributed by atoms with Gasteiger partial charge in [0.2, 0.25) is 0 Å². The van der Waals surface area contributed by atoms with Gasteiger partial charge in [-0.05, 0) is 18.9 Å². The summed E-state index contributed by atoms with van der Waals surface area (Å²) in [7, 11) is 0. The number of carboxylic acids is 1. The van der Waals surface area contributed by atoms with Crippen LogP contribution in [0.2, 0.25) is 0 Å². The Kier molecular flexibility index (Phi) is 2.00. The maximum Gasteiger partial charge on any atom is 0.354 e. The Balaban J connectivity index is 2.13. The first-order chi connectivity index (χ1) is 6.22. The second-order valence-corrected chi connectivity index (χ2v) is 3.69. The number of carbonyl (C=O) groups is 1. The Morgan fingerprint density at radius 3 is 2.69 bits per heavy atom. The van der Waals surface area contributed by atoms with Crippen molar-refractivity contribution in [3.05, 3.63) is 11.8 Å². The second kappa shape index (κ2) is 3.03. The molecule has 13 heavy (non-hydrogen) atoms. The molecule has 0 unspecified atom stereocenters. The van der Waals surface area contributed by atoms with Crippen molar-refractivity contribution < 1.29 is 14.7 Å². The van der Waals surface area contributed by atoms with E-state index < -0.39 is 5.97 Å². The van der Waals surface area contributed by atoms with E-state index in [1.165, 1.54) is 6.42 Å². The van der Waals surface area contributed by atoms with Crippen LogP contribution in [0.5, 0.6) is 0 Å². The zero-order valence-electron chi connectivity index (χ0n) is 7.38. The molecule has 0 bridgehead atoms. The fourth-order valence-electron chi connectivity index (χ4n) is 1.98. The van der Waals surface area contributed by atoms with E-state index >= 15 is 0 Å². The first-order valence-corrected chi connectivity index (χ1v) is 4.62. The molecule has 0 aromatic rings. The Hall–Kier alpha value is -1.03. The third-order valence-corrected chi connectivity index (χ3v) is 2.70. The molecule has 1 heterocycles. The lowest BCUT2D eigenvalue weighted by atomic mass is 9.85. The molecule has 0 amide bonds. The molecular weight excluding hydrogens is 170 g/mol. The molecule has 4 nitrogen and oxygen atoms in total. The first-order valence-electron chi connectivity index (χ1n) is 4.62. The van der Waals surface area contributed by atoms with Crippen molar-refractivity contribution in [2.45, 2.75) is 37.7 Å². The highest BCUT2D eigenvalue weighted by atomic mass is 16.7. The topological polar surface area (TPSA) is 58.6 Å². The number of hydroxylamine groups is 1. The summed E-state index contributed by atoms with van der Waals surface area (Å²) in [5, 5.41) is 8.72. The molecule has 1 fully saturated rings. The highest BCUT2D eigenvalue weighted by Crippen LogP contribution is 2.35. The lowest BCUT2D eigenvalue weighted by Crippen LogP contribution is -2.32. The Morgan fingerprint density at radius 1 is 1.46 bits per heavy atom. The van der Waals surface area contributed by atoms with Crippen LogP contribution in [0.3, 0.4) is 0 Å². The van der Waals surface area contributed by atoms with Gasteiger partial charge in [0.15, 0.2) is 0 Å². The average Bonchev–Trinajstić information content (AvgIpc) is 2.51. The maximum absolute atomic E-state index is 10.6. The van der Waals surface area contributed by atoms with Crippen LogP contribution in [0.15, 0.2) is 11.8 Å². The minimum atomic E-state index is -0.942. The van der Waals surface area contributed by atoms with Crippen LogP contribution in [0, 0.1) is 0 Å². The monoisotopic (exact) mass is 183 g/mol. The first kappa shape index (κ1) is 8.56. The molecule has 2 rings (SSSR count). The van der Waals surface area contributed by atoms with Crippen LogP contribution < -0.4 is 5.48 Å². The summed E-state index contributed by atoms with van der Waals surface area (Å²) in [6.07, 6.45) is 7.03. The second-order valence-electron chi connectivity index (χ2n) is 3.69. The smallest absolute Gasteiger partial charge is 0.354 e. The van der Waals surface area contributed by atoms with Gasteiger partial charge < -0.3 is 5.11 Å². The lowest BCUT2D eigenvalue weighted by molar-refractivity contribution is -0.135. The van der Waals surface area contributed by atoms with Crippen LogP contribution in [-0.2, 0) is 9.63 Å². The van der Waals surface area contributed by atoms with Crippen molar-refractivity contribution in [1.29, 1.82) is 0 Å². The molecule has 1 aliphatic carbocycles. The molecule has 4 heteroatoms. The van der Waals surface area contributed by atoms with Gasteiger partial charge in [0.05, 0.1) is 0 Å². The van der Waals surface area contributed by atoms with E-state index in [0.717, 1.165) is 25.7 Å². The minimum absolute atomic E-state index is 0.182. The minimum Gasteiger partial charge on any atom is -0.477 e. The largest absolute Gasteiger partial charge is 0.477 e. The van der Waals surface area contributed by atoms with E-state index in [1.54, 1.807) is 6.08 Å². The molecule has 2 N–H and O–H groups in total. The molecule has 0 atom stereocenters. The van der Waals surface area contributed by atoms with Gasteiger partial charge in [-0.3, -0.25) is 10.3 Å². The maximum atomic E-state index is 10.6. The molecule has 0 saturated heterocycles. The van der Waals surface area contributed by atoms with E-state index in [4.69, 9.17) is 9.94 Å². The summed E-state index contributed by atoms with van der Waals surface area (Å²) in [6, 6.07) is 0. The number of hydrogen-bond acceptors (Lipinski definition) is 3. The highest BCUT2D eigenvalue weighted by molar-refractivity contribution is 5.86. The third kappa shape index (κ3) is 1.54. The lowest BCUT2D eigenvalue weighted by Gasteiger charge is -2.29. The number of hydrogen-bond donors (Lipinski definition) is 2. The molecular formula is C9H13NO3. The van der Waals surface area contributed by atoms with Gasteiger partial charge in [0.1, 0.15) is 11.3 Å². The van der Waals surface area contributed by atoms with Crippen LogP contribution in [0.25, 0.3) is 0 Å². The summed E-state index contributed by atoms with van der Waals surface area (Å²) in [6.45, 7) is 0. The van der Waals surface area contributed by atoms with E-state index in [9.17, 15) is 4.79 Å². The quantitative estimate of drug-likeness (QED) is 0.641. The summed E-state index contributed by atoms with van der Waals surface area (Å²) < 4.78 is 0. The van der Waals surface area contributed by atoms with Crippen LogP contribution in [-0.4, -0.2) is 16.7 Å². The van der Waals surface area contributed by atoms with Gasteiger partial charge in [-0.2, -0.15) is 0 Å². The van der Waals surface area contributed by atoms with Crippen molar-refractivity contribution in [2.75, 3.05) is 0 Å². The zero-order chi connectivity index (χ0) is 9.31. The molecule has 0 aromatic carbocycles. The van der Waals surface area contributed by atoms with Gasteiger partial charge in [0.25, 0.3) is 0 Å². The number of rotatable bonds is 1. The summed E-state index contributed by atoms with van der Waals surface area (Å²) in [4.78, 5) is 15.9. The van der Waals surface area contributed by atoms with Gasteiger partial charge in [-0.15, -0.1) is 0 Å². The van der Waals surface area contributed by atoms with E-state index in [1.807, 2.05) is 0 Å². The van der Waals surface area contributed by atoms with Gasteiger partial charge in [-0.25, -0.2) is 4.79 Å². The van der Waals surface area contributed by atoms with Gasteiger partial charge in [-0.1, -0.05) is 19.3 Å². The fraction of sp³-hybridized carbons (Fsp3) is 0.667. The summed E-state index contributed by atoms with van der Waals surface area (Å²) in [5.41, 5.74) is 2.33. The van der Waals surface area contributed by atoms with Crippen molar-refractivity contribution in [3.63, 3.8) is 0 Å². The fourth-order valence-corrected chi connectivity index (χ4v) is 1.98. The third-order valence-electron chi connectivity index (χ3n) is 2.70. The molecule has 1 spiro atoms. The van der Waals surface area contributed by atoms with Crippen LogP contribution in [0.4, 0.5) is 0 Å². The predicted octanol–water partition coefficient (Wildman–Crippen LogP) is 1.19. The molecule has 0 radical (unpaired) electrons. The molecule has 0 aromatic heterocycles. The Labute approximate surface area is 76.5 Å². The Morgan fingerprint density at radius 2 is 2.15 bits per heavy atom. The molecule has 72 valence electrons. The van der Waals surface area contributed by atoms with E-state index in [0.29, 0.717) is 0 Å². The summed E-state index contributed by atoms with van der Waals surface area (Å²) >= 11 is 0. The van der Waals surface area contributed by atoms with Crippen molar-refractivity contribution in [1.82, 2.24) is 5.48 Å². The SMILES string of the molecule is O=C(O)C1=CC2(CCCCC2)ON1. The zero-order valence-corrected chi connectivity index (χ0v) is 7.38. The number of carboxylic acid groups (broad SMARTS) is 1. The van der Waals surface area contributed by atoms with Crippen molar-refractivity contribution in [2.24, 2.45) is 0 Å².